The first-order valence-corrected chi connectivity index (χ1v) is 9.59. The molecule has 1 fully saturated rings. The predicted molar refractivity (Wildman–Crippen MR) is 94.1 cm³/mol. The molecule has 0 saturated carbocycles. The summed E-state index contributed by atoms with van der Waals surface area (Å²) < 4.78 is 0. The number of thiazole rings is 1. The van der Waals surface area contributed by atoms with Crippen molar-refractivity contribution in [1.29, 1.82) is 0 Å². The summed E-state index contributed by atoms with van der Waals surface area (Å²) in [6.07, 6.45) is 4.41. The molecule has 0 aliphatic carbocycles. The number of aliphatic carboxylic acids is 1. The van der Waals surface area contributed by atoms with E-state index in [4.69, 9.17) is 0 Å². The molecule has 2 N–H and O–H groups in total. The average molecular weight is 363 g/mol. The molecule has 0 aromatic carbocycles. The lowest BCUT2D eigenvalue weighted by Crippen LogP contribution is -2.56. The molecule has 0 spiro atoms. The van der Waals surface area contributed by atoms with E-state index in [0.717, 1.165) is 22.1 Å². The zero-order chi connectivity index (χ0) is 17.0. The molecule has 0 unspecified atom stereocenters. The first-order valence-electron chi connectivity index (χ1n) is 7.56. The number of nitrogens with one attached hydrogen (secondary N) is 1. The molecule has 1 aliphatic heterocycles. The number of carboxylic acid groups (broad SMARTS) is 1. The van der Waals surface area contributed by atoms with Crippen LogP contribution in [0.5, 0.6) is 0 Å². The van der Waals surface area contributed by atoms with Gasteiger partial charge in [-0.1, -0.05) is 0 Å². The van der Waals surface area contributed by atoms with Gasteiger partial charge in [-0.15, -0.1) is 11.3 Å². The smallest absolute Gasteiger partial charge is 0.329 e. The van der Waals surface area contributed by atoms with Gasteiger partial charge >= 0.3 is 5.97 Å². The molecule has 3 heterocycles. The number of amides is 1. The highest BCUT2D eigenvalue weighted by Gasteiger charge is 2.41. The predicted octanol–water partition coefficient (Wildman–Crippen LogP) is 2.21. The monoisotopic (exact) mass is 363 g/mol. The number of carbonyl (C=O) groups excluding carboxylic acids is 1. The number of rotatable bonds is 5. The maximum Gasteiger partial charge on any atom is 0.329 e. The summed E-state index contributed by atoms with van der Waals surface area (Å²) in [5.41, 5.74) is 0.410. The Morgan fingerprint density at radius 1 is 1.33 bits per heavy atom. The van der Waals surface area contributed by atoms with Crippen molar-refractivity contribution in [2.75, 3.05) is 11.5 Å². The molecule has 2 aromatic rings. The number of hydrogen-bond donors (Lipinski definition) is 2. The standard InChI is InChI=1S/C16H17N3O3S2/c20-13(19-16(15(21)22)3-6-23-7-4-16)8-12-10-24-14(18-12)11-2-1-5-17-9-11/h1-2,5,9-10H,3-4,6-8H2,(H,19,20)(H,21,22). The Hall–Kier alpha value is -1.93. The zero-order valence-electron chi connectivity index (χ0n) is 12.9. The third kappa shape index (κ3) is 3.76. The summed E-state index contributed by atoms with van der Waals surface area (Å²) >= 11 is 3.16. The number of carbonyl (C=O) groups is 2. The highest BCUT2D eigenvalue weighted by atomic mass is 32.2. The van der Waals surface area contributed by atoms with Crippen LogP contribution in [0.2, 0.25) is 0 Å². The van der Waals surface area contributed by atoms with E-state index in [1.807, 2.05) is 17.5 Å². The Bertz CT molecular complexity index is 727. The third-order valence-corrected chi connectivity index (χ3v) is 5.86. The van der Waals surface area contributed by atoms with Crippen LogP contribution in [0.15, 0.2) is 29.9 Å². The van der Waals surface area contributed by atoms with E-state index in [0.29, 0.717) is 18.5 Å². The van der Waals surface area contributed by atoms with Crippen LogP contribution in [0.3, 0.4) is 0 Å². The normalized spacial score (nSPS) is 16.5. The Labute approximate surface area is 147 Å². The van der Waals surface area contributed by atoms with Crippen LogP contribution in [0.1, 0.15) is 18.5 Å². The van der Waals surface area contributed by atoms with E-state index >= 15 is 0 Å². The van der Waals surface area contributed by atoms with Gasteiger partial charge in [-0.3, -0.25) is 9.78 Å². The second kappa shape index (κ2) is 7.31. The van der Waals surface area contributed by atoms with E-state index in [1.165, 1.54) is 11.3 Å². The number of pyridine rings is 1. The van der Waals surface area contributed by atoms with Crippen molar-refractivity contribution in [1.82, 2.24) is 15.3 Å². The number of carboxylic acids is 1. The van der Waals surface area contributed by atoms with Gasteiger partial charge in [-0.05, 0) is 36.5 Å². The van der Waals surface area contributed by atoms with Crippen molar-refractivity contribution in [2.24, 2.45) is 0 Å². The van der Waals surface area contributed by atoms with Crippen LogP contribution < -0.4 is 5.32 Å². The van der Waals surface area contributed by atoms with Crippen molar-refractivity contribution in [3.05, 3.63) is 35.6 Å². The van der Waals surface area contributed by atoms with Gasteiger partial charge in [0.25, 0.3) is 0 Å². The first-order chi connectivity index (χ1) is 11.6. The van der Waals surface area contributed by atoms with Crippen LogP contribution in [-0.2, 0) is 16.0 Å². The number of aromatic nitrogens is 2. The molecule has 0 radical (unpaired) electrons. The highest BCUT2D eigenvalue weighted by Crippen LogP contribution is 2.28. The quantitative estimate of drug-likeness (QED) is 0.846. The van der Waals surface area contributed by atoms with Gasteiger partial charge < -0.3 is 10.4 Å². The maximum atomic E-state index is 12.3. The molecule has 8 heteroatoms. The minimum atomic E-state index is -1.13. The van der Waals surface area contributed by atoms with Crippen LogP contribution in [-0.4, -0.2) is 44.0 Å². The fourth-order valence-corrected chi connectivity index (χ4v) is 4.60. The summed E-state index contributed by atoms with van der Waals surface area (Å²) in [6.45, 7) is 0. The highest BCUT2D eigenvalue weighted by molar-refractivity contribution is 7.99. The van der Waals surface area contributed by atoms with Crippen molar-refractivity contribution >= 4 is 35.0 Å². The van der Waals surface area contributed by atoms with Gasteiger partial charge in [0, 0.05) is 23.3 Å². The van der Waals surface area contributed by atoms with E-state index in [-0.39, 0.29) is 12.3 Å². The number of hydrogen-bond acceptors (Lipinski definition) is 6. The number of nitrogens with zero attached hydrogens (tertiary/aromatic N) is 2. The average Bonchev–Trinajstić information content (AvgIpc) is 3.04. The summed E-state index contributed by atoms with van der Waals surface area (Å²) in [5.74, 6) is 0.237. The minimum absolute atomic E-state index is 0.0823. The lowest BCUT2D eigenvalue weighted by atomic mass is 9.92. The SMILES string of the molecule is O=C(Cc1csc(-c2cccnc2)n1)NC1(C(=O)O)CCSCC1. The Morgan fingerprint density at radius 3 is 2.79 bits per heavy atom. The third-order valence-electron chi connectivity index (χ3n) is 3.94. The largest absolute Gasteiger partial charge is 0.480 e. The molecule has 1 aliphatic rings. The molecule has 1 saturated heterocycles. The van der Waals surface area contributed by atoms with Crippen LogP contribution >= 0.6 is 23.1 Å². The minimum Gasteiger partial charge on any atom is -0.480 e. The Morgan fingerprint density at radius 2 is 2.12 bits per heavy atom. The van der Waals surface area contributed by atoms with Gasteiger partial charge in [0.1, 0.15) is 10.5 Å². The van der Waals surface area contributed by atoms with Gasteiger partial charge in [0.05, 0.1) is 12.1 Å². The van der Waals surface area contributed by atoms with Crippen molar-refractivity contribution in [2.45, 2.75) is 24.8 Å². The van der Waals surface area contributed by atoms with E-state index in [9.17, 15) is 14.7 Å². The van der Waals surface area contributed by atoms with E-state index in [1.54, 1.807) is 24.2 Å². The first kappa shape index (κ1) is 16.9. The Balaban J connectivity index is 1.67. The van der Waals surface area contributed by atoms with E-state index < -0.39 is 11.5 Å². The molecular formula is C16H17N3O3S2. The fourth-order valence-electron chi connectivity index (χ4n) is 2.60. The van der Waals surface area contributed by atoms with Crippen LogP contribution in [0.25, 0.3) is 10.6 Å². The van der Waals surface area contributed by atoms with Gasteiger partial charge in [-0.2, -0.15) is 11.8 Å². The van der Waals surface area contributed by atoms with Crippen LogP contribution in [0.4, 0.5) is 0 Å². The lowest BCUT2D eigenvalue weighted by molar-refractivity contribution is -0.148. The molecule has 126 valence electrons. The molecular weight excluding hydrogens is 346 g/mol. The van der Waals surface area contributed by atoms with Gasteiger partial charge in [-0.25, -0.2) is 9.78 Å². The fraction of sp³-hybridized carbons (Fsp3) is 0.375. The molecule has 0 atom stereocenters. The lowest BCUT2D eigenvalue weighted by Gasteiger charge is -2.33. The summed E-state index contributed by atoms with van der Waals surface area (Å²) in [4.78, 5) is 32.4. The van der Waals surface area contributed by atoms with Crippen molar-refractivity contribution < 1.29 is 14.7 Å². The zero-order valence-corrected chi connectivity index (χ0v) is 14.5. The molecule has 24 heavy (non-hydrogen) atoms. The molecule has 0 bridgehead atoms. The Kier molecular flexibility index (Phi) is 5.15. The summed E-state index contributed by atoms with van der Waals surface area (Å²) in [6, 6.07) is 3.75. The molecule has 6 nitrogen and oxygen atoms in total. The molecule has 1 amide bonds. The van der Waals surface area contributed by atoms with Gasteiger partial charge in [0.2, 0.25) is 5.91 Å². The van der Waals surface area contributed by atoms with Crippen molar-refractivity contribution in [3.8, 4) is 10.6 Å². The second-order valence-corrected chi connectivity index (χ2v) is 7.69. The number of thioether (sulfide) groups is 1. The van der Waals surface area contributed by atoms with Crippen LogP contribution in [0, 0.1) is 0 Å². The summed E-state index contributed by atoms with van der Waals surface area (Å²) in [5, 5.41) is 14.9. The topological polar surface area (TPSA) is 92.2 Å². The molecule has 3 rings (SSSR count). The summed E-state index contributed by atoms with van der Waals surface area (Å²) in [7, 11) is 0. The maximum absolute atomic E-state index is 12.3. The van der Waals surface area contributed by atoms with Crippen molar-refractivity contribution in [3.63, 3.8) is 0 Å². The molecule has 2 aromatic heterocycles. The second-order valence-electron chi connectivity index (χ2n) is 5.61. The van der Waals surface area contributed by atoms with E-state index in [2.05, 4.69) is 15.3 Å². The van der Waals surface area contributed by atoms with Gasteiger partial charge in [0.15, 0.2) is 0 Å².